The van der Waals surface area contributed by atoms with E-state index >= 15 is 0 Å². The molecule has 1 saturated heterocycles. The van der Waals surface area contributed by atoms with E-state index in [2.05, 4.69) is 10.0 Å². The number of methoxy groups -OCH3 is 1. The van der Waals surface area contributed by atoms with Crippen LogP contribution in [-0.4, -0.2) is 66.0 Å². The Kier molecular flexibility index (Phi) is 5.60. The number of anilines is 1. The van der Waals surface area contributed by atoms with Crippen LogP contribution in [0.25, 0.3) is 10.4 Å². The van der Waals surface area contributed by atoms with Gasteiger partial charge in [0.25, 0.3) is 5.91 Å². The van der Waals surface area contributed by atoms with Gasteiger partial charge in [0.2, 0.25) is 0 Å². The van der Waals surface area contributed by atoms with E-state index in [1.807, 2.05) is 0 Å². The normalized spacial score (nSPS) is 29.5. The van der Waals surface area contributed by atoms with Crippen LogP contribution in [0.5, 0.6) is 5.75 Å². The van der Waals surface area contributed by atoms with E-state index in [-0.39, 0.29) is 0 Å². The molecule has 1 aliphatic rings. The lowest BCUT2D eigenvalue weighted by atomic mass is 9.97. The second-order valence-corrected chi connectivity index (χ2v) is 5.22. The summed E-state index contributed by atoms with van der Waals surface area (Å²) in [6.45, 7) is 0. The zero-order chi connectivity index (χ0) is 17.9. The fourth-order valence-corrected chi connectivity index (χ4v) is 2.34. The highest BCUT2D eigenvalue weighted by molar-refractivity contribution is 5.96. The summed E-state index contributed by atoms with van der Waals surface area (Å²) in [6, 6.07) is 6.56. The van der Waals surface area contributed by atoms with Gasteiger partial charge in [0.1, 0.15) is 24.1 Å². The van der Waals surface area contributed by atoms with Crippen LogP contribution in [0, 0.1) is 0 Å². The van der Waals surface area contributed by atoms with Crippen molar-refractivity contribution in [2.45, 2.75) is 30.6 Å². The lowest BCUT2D eigenvalue weighted by Crippen LogP contribution is -2.61. The molecule has 5 atom stereocenters. The summed E-state index contributed by atoms with van der Waals surface area (Å²) < 4.78 is 10.2. The van der Waals surface area contributed by atoms with Gasteiger partial charge < -0.3 is 29.7 Å². The summed E-state index contributed by atoms with van der Waals surface area (Å²) in [4.78, 5) is 16.3. The average Bonchev–Trinajstić information content (AvgIpc) is 2.61. The quantitative estimate of drug-likeness (QED) is 0.392. The number of rotatable bonds is 4. The van der Waals surface area contributed by atoms with Gasteiger partial charge in [-0.15, -0.1) is 0 Å². The molecule has 0 saturated carbocycles. The first kappa shape index (κ1) is 18.0. The van der Waals surface area contributed by atoms with Gasteiger partial charge in [0.05, 0.1) is 7.11 Å². The molecule has 1 aromatic carbocycles. The zero-order valence-electron chi connectivity index (χ0n) is 13.1. The minimum absolute atomic E-state index is 0.498. The van der Waals surface area contributed by atoms with Crippen molar-refractivity contribution in [2.75, 3.05) is 19.1 Å². The van der Waals surface area contributed by atoms with Gasteiger partial charge in [-0.25, -0.2) is 0 Å². The van der Waals surface area contributed by atoms with Gasteiger partial charge in [-0.05, 0) is 29.8 Å². The molecule has 1 aromatic rings. The first-order valence-electron chi connectivity index (χ1n) is 7.06. The highest BCUT2D eigenvalue weighted by Crippen LogP contribution is 2.26. The number of carbonyl (C=O) groups is 1. The molecule has 0 aliphatic carbocycles. The van der Waals surface area contributed by atoms with Crippen LogP contribution in [-0.2, 0) is 9.53 Å². The van der Waals surface area contributed by atoms with Gasteiger partial charge >= 0.3 is 0 Å². The molecule has 10 heteroatoms. The third-order valence-electron chi connectivity index (χ3n) is 3.79. The van der Waals surface area contributed by atoms with Crippen molar-refractivity contribution in [3.63, 3.8) is 0 Å². The first-order valence-corrected chi connectivity index (χ1v) is 7.06. The Balaban J connectivity index is 2.20. The summed E-state index contributed by atoms with van der Waals surface area (Å²) in [5.74, 6) is -0.0627. The number of hydrogen-bond acceptors (Lipinski definition) is 7. The van der Waals surface area contributed by atoms with Crippen LogP contribution >= 0.6 is 0 Å². The first-order chi connectivity index (χ1) is 11.4. The van der Waals surface area contributed by atoms with Gasteiger partial charge in [0.15, 0.2) is 12.3 Å². The topological polar surface area (TPSA) is 148 Å². The van der Waals surface area contributed by atoms with Crippen molar-refractivity contribution in [1.82, 2.24) is 0 Å². The Morgan fingerprint density at radius 2 is 1.88 bits per heavy atom. The monoisotopic (exact) mass is 338 g/mol. The van der Waals surface area contributed by atoms with Crippen molar-refractivity contribution >= 4 is 11.6 Å². The molecule has 1 fully saturated rings. The molecule has 0 spiro atoms. The maximum atomic E-state index is 12.5. The van der Waals surface area contributed by atoms with Crippen molar-refractivity contribution in [3.8, 4) is 5.75 Å². The standard InChI is InChI=1S/C14H18N4O6/c1-18(7-3-5-8(23-2)6-4-7)14(22)12-10(20)9(19)11(21)13(24-12)16-17-15/h3-6,9-13,19-21H,1-2H3/t9-,10-,11+,12-,13?/m0/s1. The molecule has 1 unspecified atom stereocenters. The fourth-order valence-electron chi connectivity index (χ4n) is 2.34. The Morgan fingerprint density at radius 3 is 2.42 bits per heavy atom. The number of carbonyl (C=O) groups excluding carboxylic acids is 1. The van der Waals surface area contributed by atoms with E-state index < -0.39 is 36.6 Å². The second kappa shape index (κ2) is 7.47. The van der Waals surface area contributed by atoms with Crippen molar-refractivity contribution in [2.24, 2.45) is 5.11 Å². The number of aliphatic hydroxyl groups is 3. The van der Waals surface area contributed by atoms with E-state index in [1.165, 1.54) is 19.1 Å². The van der Waals surface area contributed by atoms with Crippen LogP contribution in [0.3, 0.4) is 0 Å². The maximum Gasteiger partial charge on any atom is 0.258 e. The van der Waals surface area contributed by atoms with Gasteiger partial charge in [-0.1, -0.05) is 5.11 Å². The summed E-state index contributed by atoms with van der Waals surface area (Å²) in [7, 11) is 2.97. The van der Waals surface area contributed by atoms with Crippen LogP contribution in [0.15, 0.2) is 29.4 Å². The number of nitrogens with zero attached hydrogens (tertiary/aromatic N) is 4. The third kappa shape index (κ3) is 3.42. The number of hydrogen-bond donors (Lipinski definition) is 3. The maximum absolute atomic E-state index is 12.5. The SMILES string of the molecule is COc1ccc(N(C)C(=O)[C@H]2OC(N=[N+]=[N-])[C@H](O)[C@@H](O)[C@@H]2O)cc1. The summed E-state index contributed by atoms with van der Waals surface area (Å²) >= 11 is 0. The molecule has 0 bridgehead atoms. The number of ether oxygens (including phenoxy) is 2. The molecular weight excluding hydrogens is 320 g/mol. The van der Waals surface area contributed by atoms with Crippen molar-refractivity contribution < 1.29 is 29.6 Å². The molecule has 24 heavy (non-hydrogen) atoms. The minimum atomic E-state index is -1.69. The summed E-state index contributed by atoms with van der Waals surface area (Å²) in [5.41, 5.74) is 8.96. The molecule has 1 aliphatic heterocycles. The van der Waals surface area contributed by atoms with E-state index in [4.69, 9.17) is 15.0 Å². The number of aliphatic hydroxyl groups excluding tert-OH is 3. The summed E-state index contributed by atoms with van der Waals surface area (Å²) in [6.07, 6.45) is -7.96. The minimum Gasteiger partial charge on any atom is -0.497 e. The second-order valence-electron chi connectivity index (χ2n) is 5.22. The lowest BCUT2D eigenvalue weighted by molar-refractivity contribution is -0.217. The largest absolute Gasteiger partial charge is 0.497 e. The van der Waals surface area contributed by atoms with E-state index in [1.54, 1.807) is 24.3 Å². The molecule has 10 nitrogen and oxygen atoms in total. The highest BCUT2D eigenvalue weighted by atomic mass is 16.6. The van der Waals surface area contributed by atoms with E-state index in [0.717, 1.165) is 0 Å². The third-order valence-corrected chi connectivity index (χ3v) is 3.79. The Labute approximate surface area is 137 Å². The van der Waals surface area contributed by atoms with Crippen LogP contribution in [0.1, 0.15) is 0 Å². The fraction of sp³-hybridized carbons (Fsp3) is 0.500. The molecule has 1 amide bonds. The van der Waals surface area contributed by atoms with Crippen LogP contribution in [0.2, 0.25) is 0 Å². The number of amides is 1. The molecule has 3 N–H and O–H groups in total. The van der Waals surface area contributed by atoms with Crippen molar-refractivity contribution in [3.05, 3.63) is 34.7 Å². The highest BCUT2D eigenvalue weighted by Gasteiger charge is 2.47. The Morgan fingerprint density at radius 1 is 1.25 bits per heavy atom. The predicted octanol–water partition coefficient (Wildman–Crippen LogP) is -0.224. The Bertz CT molecular complexity index is 633. The number of benzene rings is 1. The van der Waals surface area contributed by atoms with Gasteiger partial charge in [-0.2, -0.15) is 0 Å². The number of azide groups is 1. The van der Waals surface area contributed by atoms with Crippen LogP contribution < -0.4 is 9.64 Å². The molecule has 0 radical (unpaired) electrons. The molecular formula is C14H18N4O6. The Hall–Kier alpha value is -2.36. The van der Waals surface area contributed by atoms with Gasteiger partial charge in [0, 0.05) is 17.6 Å². The summed E-state index contributed by atoms with van der Waals surface area (Å²) in [5, 5.41) is 32.7. The van der Waals surface area contributed by atoms with E-state index in [9.17, 15) is 20.1 Å². The van der Waals surface area contributed by atoms with Gasteiger partial charge in [-0.3, -0.25) is 4.79 Å². The zero-order valence-corrected chi connectivity index (χ0v) is 13.1. The lowest BCUT2D eigenvalue weighted by Gasteiger charge is -2.39. The molecule has 130 valence electrons. The average molecular weight is 338 g/mol. The van der Waals surface area contributed by atoms with Crippen molar-refractivity contribution in [1.29, 1.82) is 0 Å². The van der Waals surface area contributed by atoms with E-state index in [0.29, 0.717) is 11.4 Å². The van der Waals surface area contributed by atoms with Crippen LogP contribution in [0.4, 0.5) is 5.69 Å². The number of likely N-dealkylation sites (N-methyl/N-ethyl adjacent to an activating group) is 1. The molecule has 0 aromatic heterocycles. The molecule has 1 heterocycles. The predicted molar refractivity (Wildman–Crippen MR) is 82.2 cm³/mol. The smallest absolute Gasteiger partial charge is 0.258 e. The molecule has 2 rings (SSSR count).